The van der Waals surface area contributed by atoms with E-state index in [0.717, 1.165) is 31.4 Å². The van der Waals surface area contributed by atoms with Gasteiger partial charge in [-0.2, -0.15) is 4.98 Å². The number of ether oxygens (including phenoxy) is 2. The van der Waals surface area contributed by atoms with Gasteiger partial charge < -0.3 is 19.7 Å². The van der Waals surface area contributed by atoms with Crippen molar-refractivity contribution in [3.63, 3.8) is 0 Å². The summed E-state index contributed by atoms with van der Waals surface area (Å²) in [6, 6.07) is -0.591. The minimum absolute atomic E-state index is 0.0948. The topological polar surface area (TPSA) is 93.7 Å². The van der Waals surface area contributed by atoms with Gasteiger partial charge in [0.2, 0.25) is 17.7 Å². The fraction of sp³-hybridized carbons (Fsp3) is 0.714. The van der Waals surface area contributed by atoms with Crippen molar-refractivity contribution in [1.82, 2.24) is 20.2 Å². The number of rotatable bonds is 9. The van der Waals surface area contributed by atoms with Gasteiger partial charge in [0.15, 0.2) is 0 Å². The summed E-state index contributed by atoms with van der Waals surface area (Å²) in [5.41, 5.74) is 0.851. The lowest BCUT2D eigenvalue weighted by Gasteiger charge is -2.30. The van der Waals surface area contributed by atoms with E-state index in [1.165, 1.54) is 30.4 Å². The first-order valence-corrected chi connectivity index (χ1v) is 10.7. The van der Waals surface area contributed by atoms with Gasteiger partial charge in [-0.1, -0.05) is 19.3 Å². The fourth-order valence-electron chi connectivity index (χ4n) is 3.50. The second-order valence-corrected chi connectivity index (χ2v) is 8.78. The Bertz CT molecular complexity index is 757. The van der Waals surface area contributed by atoms with Crippen molar-refractivity contribution in [2.75, 3.05) is 20.7 Å². The number of amides is 2. The van der Waals surface area contributed by atoms with E-state index in [9.17, 15) is 9.59 Å². The number of nitrogens with zero attached hydrogens (tertiary/aromatic N) is 3. The van der Waals surface area contributed by atoms with E-state index in [1.54, 1.807) is 14.1 Å². The third-order valence-electron chi connectivity index (χ3n) is 5.88. The SMILES string of the molecule is CN(C)C(=O)C(CC1CCC1)NC(=O)Oc1cnc(C2CC2)c(OCC2CC2)n1. The van der Waals surface area contributed by atoms with E-state index in [2.05, 4.69) is 15.3 Å². The molecule has 4 rings (SSSR count). The van der Waals surface area contributed by atoms with Crippen molar-refractivity contribution in [2.45, 2.75) is 63.3 Å². The zero-order valence-corrected chi connectivity index (χ0v) is 17.2. The van der Waals surface area contributed by atoms with Crippen LogP contribution in [0.2, 0.25) is 0 Å². The maximum absolute atomic E-state index is 12.4. The molecule has 29 heavy (non-hydrogen) atoms. The zero-order valence-electron chi connectivity index (χ0n) is 17.2. The molecule has 0 aliphatic heterocycles. The lowest BCUT2D eigenvalue weighted by molar-refractivity contribution is -0.131. The molecule has 8 heteroatoms. The minimum atomic E-state index is -0.689. The molecule has 1 aromatic heterocycles. The first kappa shape index (κ1) is 19.9. The lowest BCUT2D eigenvalue weighted by atomic mass is 9.80. The number of likely N-dealkylation sites (N-methyl/N-ethyl adjacent to an activating group) is 1. The highest BCUT2D eigenvalue weighted by atomic mass is 16.6. The van der Waals surface area contributed by atoms with Gasteiger partial charge in [0.05, 0.1) is 12.8 Å². The smallest absolute Gasteiger partial charge is 0.414 e. The molecule has 8 nitrogen and oxygen atoms in total. The Labute approximate surface area is 171 Å². The third kappa shape index (κ3) is 5.36. The predicted octanol–water partition coefficient (Wildman–Crippen LogP) is 2.88. The number of aromatic nitrogens is 2. The summed E-state index contributed by atoms with van der Waals surface area (Å²) >= 11 is 0. The van der Waals surface area contributed by atoms with Crippen molar-refractivity contribution < 1.29 is 19.1 Å². The Kier molecular flexibility index (Phi) is 5.87. The van der Waals surface area contributed by atoms with Crippen LogP contribution in [0.1, 0.15) is 63.0 Å². The van der Waals surface area contributed by atoms with Crippen molar-refractivity contribution in [3.8, 4) is 11.8 Å². The maximum Gasteiger partial charge on any atom is 0.414 e. The summed E-state index contributed by atoms with van der Waals surface area (Å²) < 4.78 is 11.2. The van der Waals surface area contributed by atoms with Crippen LogP contribution in [0, 0.1) is 11.8 Å². The highest BCUT2D eigenvalue weighted by Crippen LogP contribution is 2.43. The van der Waals surface area contributed by atoms with Crippen LogP contribution in [0.5, 0.6) is 11.8 Å². The first-order valence-electron chi connectivity index (χ1n) is 10.7. The first-order chi connectivity index (χ1) is 14.0. The Morgan fingerprint density at radius 3 is 2.52 bits per heavy atom. The summed E-state index contributed by atoms with van der Waals surface area (Å²) in [5.74, 6) is 1.91. The number of carbonyl (C=O) groups excluding carboxylic acids is 2. The normalized spacial score (nSPS) is 19.8. The van der Waals surface area contributed by atoms with Gasteiger partial charge in [0.1, 0.15) is 11.7 Å². The molecule has 158 valence electrons. The van der Waals surface area contributed by atoms with E-state index >= 15 is 0 Å². The Morgan fingerprint density at radius 2 is 1.93 bits per heavy atom. The molecule has 3 aliphatic rings. The van der Waals surface area contributed by atoms with Crippen molar-refractivity contribution >= 4 is 12.0 Å². The monoisotopic (exact) mass is 402 g/mol. The number of carbonyl (C=O) groups is 2. The summed E-state index contributed by atoms with van der Waals surface area (Å²) in [6.45, 7) is 0.630. The second kappa shape index (κ2) is 8.55. The molecule has 1 unspecified atom stereocenters. The molecule has 1 atom stereocenters. The molecule has 2 amide bonds. The quantitative estimate of drug-likeness (QED) is 0.683. The van der Waals surface area contributed by atoms with E-state index in [0.29, 0.717) is 36.7 Å². The molecule has 0 spiro atoms. The van der Waals surface area contributed by atoms with Gasteiger partial charge in [-0.25, -0.2) is 9.78 Å². The van der Waals surface area contributed by atoms with Gasteiger partial charge in [-0.15, -0.1) is 0 Å². The van der Waals surface area contributed by atoms with E-state index in [-0.39, 0.29) is 11.8 Å². The summed E-state index contributed by atoms with van der Waals surface area (Å²) in [7, 11) is 3.38. The van der Waals surface area contributed by atoms with Crippen LogP contribution in [0.15, 0.2) is 6.20 Å². The molecule has 0 aromatic carbocycles. The van der Waals surface area contributed by atoms with E-state index < -0.39 is 12.1 Å². The van der Waals surface area contributed by atoms with E-state index in [1.807, 2.05) is 0 Å². The molecule has 1 aromatic rings. The average Bonchev–Trinajstić information content (AvgIpc) is 3.54. The van der Waals surface area contributed by atoms with Gasteiger partial charge in [-0.3, -0.25) is 4.79 Å². The molecular formula is C21H30N4O4. The molecule has 0 saturated heterocycles. The average molecular weight is 402 g/mol. The standard InChI is InChI=1S/C21H30N4O4/c1-25(2)20(26)16(10-13-4-3-5-13)23-21(27)29-17-11-22-18(15-8-9-15)19(24-17)28-12-14-6-7-14/h11,13-16H,3-10,12H2,1-2H3,(H,23,27). The largest absolute Gasteiger partial charge is 0.476 e. The van der Waals surface area contributed by atoms with Crippen molar-refractivity contribution in [1.29, 1.82) is 0 Å². The summed E-state index contributed by atoms with van der Waals surface area (Å²) in [6.07, 6.45) is 9.35. The molecule has 1 heterocycles. The molecule has 0 bridgehead atoms. The molecule has 1 N–H and O–H groups in total. The van der Waals surface area contributed by atoms with E-state index in [4.69, 9.17) is 9.47 Å². The van der Waals surface area contributed by atoms with Crippen LogP contribution < -0.4 is 14.8 Å². The van der Waals surface area contributed by atoms with Gasteiger partial charge in [-0.05, 0) is 43.9 Å². The van der Waals surface area contributed by atoms with Crippen LogP contribution in [-0.4, -0.2) is 53.6 Å². The fourth-order valence-corrected chi connectivity index (χ4v) is 3.50. The molecular weight excluding hydrogens is 372 g/mol. The highest BCUT2D eigenvalue weighted by molar-refractivity contribution is 5.85. The van der Waals surface area contributed by atoms with Gasteiger partial charge in [0, 0.05) is 20.0 Å². The third-order valence-corrected chi connectivity index (χ3v) is 5.88. The van der Waals surface area contributed by atoms with Crippen LogP contribution in [0.25, 0.3) is 0 Å². The highest BCUT2D eigenvalue weighted by Gasteiger charge is 2.32. The summed E-state index contributed by atoms with van der Waals surface area (Å²) in [4.78, 5) is 35.2. The number of hydrogen-bond acceptors (Lipinski definition) is 6. The van der Waals surface area contributed by atoms with Crippen LogP contribution in [-0.2, 0) is 4.79 Å². The van der Waals surface area contributed by atoms with Crippen molar-refractivity contribution in [3.05, 3.63) is 11.9 Å². The van der Waals surface area contributed by atoms with Gasteiger partial charge in [0.25, 0.3) is 0 Å². The van der Waals surface area contributed by atoms with Crippen molar-refractivity contribution in [2.24, 2.45) is 11.8 Å². The van der Waals surface area contributed by atoms with Gasteiger partial charge >= 0.3 is 6.09 Å². The molecule has 0 radical (unpaired) electrons. The Balaban J connectivity index is 1.39. The van der Waals surface area contributed by atoms with Crippen LogP contribution in [0.3, 0.4) is 0 Å². The van der Waals surface area contributed by atoms with Crippen LogP contribution >= 0.6 is 0 Å². The maximum atomic E-state index is 12.4. The predicted molar refractivity (Wildman–Crippen MR) is 106 cm³/mol. The van der Waals surface area contributed by atoms with Crippen LogP contribution in [0.4, 0.5) is 4.79 Å². The minimum Gasteiger partial charge on any atom is -0.476 e. The summed E-state index contributed by atoms with van der Waals surface area (Å²) in [5, 5.41) is 2.71. The number of hydrogen-bond donors (Lipinski definition) is 1. The molecule has 3 aliphatic carbocycles. The Hall–Kier alpha value is -2.38. The molecule has 3 fully saturated rings. The number of nitrogens with one attached hydrogen (secondary N) is 1. The lowest BCUT2D eigenvalue weighted by Crippen LogP contribution is -2.48. The second-order valence-electron chi connectivity index (χ2n) is 8.78. The Morgan fingerprint density at radius 1 is 1.17 bits per heavy atom. The zero-order chi connectivity index (χ0) is 20.4. The molecule has 3 saturated carbocycles.